The zero-order valence-electron chi connectivity index (χ0n) is 12.9. The summed E-state index contributed by atoms with van der Waals surface area (Å²) in [5.74, 6) is 0.506. The number of fused-ring (bicyclic) bond motifs is 1. The zero-order valence-corrected chi connectivity index (χ0v) is 12.9. The molecule has 0 saturated heterocycles. The Balaban J connectivity index is 1.92. The van der Waals surface area contributed by atoms with Crippen molar-refractivity contribution in [3.05, 3.63) is 59.4 Å². The minimum Gasteiger partial charge on any atom is -0.372 e. The van der Waals surface area contributed by atoms with Gasteiger partial charge in [-0.2, -0.15) is 5.10 Å². The van der Waals surface area contributed by atoms with Gasteiger partial charge >= 0.3 is 0 Å². The minimum absolute atomic E-state index is 0.00506. The van der Waals surface area contributed by atoms with Crippen LogP contribution in [-0.2, 0) is 0 Å². The Bertz CT molecular complexity index is 820. The predicted octanol–water partition coefficient (Wildman–Crippen LogP) is 3.07. The van der Waals surface area contributed by atoms with Crippen LogP contribution in [0.25, 0.3) is 5.65 Å². The fourth-order valence-electron chi connectivity index (χ4n) is 2.36. The van der Waals surface area contributed by atoms with E-state index in [2.05, 4.69) is 15.4 Å². The number of anilines is 1. The van der Waals surface area contributed by atoms with Crippen LogP contribution in [-0.4, -0.2) is 27.4 Å². The summed E-state index contributed by atoms with van der Waals surface area (Å²) in [6.45, 7) is 3.94. The van der Waals surface area contributed by atoms with Crippen molar-refractivity contribution in [3.8, 4) is 0 Å². The fourth-order valence-corrected chi connectivity index (χ4v) is 2.36. The summed E-state index contributed by atoms with van der Waals surface area (Å²) >= 11 is 0. The number of carbonyl (C=O) groups is 1. The summed E-state index contributed by atoms with van der Waals surface area (Å²) in [6, 6.07) is 11.6. The average molecular weight is 294 g/mol. The molecule has 2 heterocycles. The molecule has 1 unspecified atom stereocenters. The lowest BCUT2D eigenvalue weighted by atomic mass is 9.94. The van der Waals surface area contributed by atoms with E-state index in [0.29, 0.717) is 11.3 Å². The largest absolute Gasteiger partial charge is 0.372 e. The van der Waals surface area contributed by atoms with Gasteiger partial charge in [-0.15, -0.1) is 0 Å². The molecule has 3 rings (SSSR count). The molecule has 0 aliphatic rings. The second kappa shape index (κ2) is 5.60. The van der Waals surface area contributed by atoms with Crippen LogP contribution in [0.2, 0.25) is 0 Å². The maximum Gasteiger partial charge on any atom is 0.190 e. The number of imidazole rings is 1. The Morgan fingerprint density at radius 3 is 2.59 bits per heavy atom. The number of Topliss-reactive ketones (excluding diaryl/α,β-unsaturated/α-hetero) is 1. The molecule has 0 amide bonds. The molecular formula is C17H18N4O. The fraction of sp³-hybridized carbons (Fsp3) is 0.235. The van der Waals surface area contributed by atoms with E-state index in [1.807, 2.05) is 44.2 Å². The van der Waals surface area contributed by atoms with E-state index < -0.39 is 0 Å². The lowest BCUT2D eigenvalue weighted by Crippen LogP contribution is -2.13. The number of benzene rings is 1. The quantitative estimate of drug-likeness (QED) is 0.751. The van der Waals surface area contributed by atoms with Crippen LogP contribution >= 0.6 is 0 Å². The highest BCUT2D eigenvalue weighted by Crippen LogP contribution is 2.20. The molecule has 0 radical (unpaired) electrons. The maximum atomic E-state index is 12.6. The second-order valence-electron chi connectivity index (χ2n) is 5.39. The van der Waals surface area contributed by atoms with Gasteiger partial charge < -0.3 is 5.32 Å². The van der Waals surface area contributed by atoms with Gasteiger partial charge in [0.1, 0.15) is 11.5 Å². The van der Waals surface area contributed by atoms with Gasteiger partial charge in [0.2, 0.25) is 0 Å². The summed E-state index contributed by atoms with van der Waals surface area (Å²) in [5.41, 5.74) is 3.34. The Hall–Kier alpha value is -2.69. The standard InChI is InChI=1S/C17H18N4O/c1-11-4-6-13(7-5-11)12(2)17(22)14-8-9-16-19-15(18-3)10-21(16)20-14/h4-10,12,18H,1-3H3. The first-order valence-corrected chi connectivity index (χ1v) is 7.23. The number of nitrogens with zero attached hydrogens (tertiary/aromatic N) is 3. The smallest absolute Gasteiger partial charge is 0.190 e. The molecular weight excluding hydrogens is 276 g/mol. The van der Waals surface area contributed by atoms with Crippen molar-refractivity contribution < 1.29 is 4.79 Å². The van der Waals surface area contributed by atoms with Gasteiger partial charge in [0.15, 0.2) is 11.4 Å². The van der Waals surface area contributed by atoms with Gasteiger partial charge in [0, 0.05) is 13.0 Å². The Morgan fingerprint density at radius 2 is 1.91 bits per heavy atom. The van der Waals surface area contributed by atoms with Gasteiger partial charge in [-0.25, -0.2) is 9.50 Å². The van der Waals surface area contributed by atoms with Crippen molar-refractivity contribution in [2.45, 2.75) is 19.8 Å². The van der Waals surface area contributed by atoms with Crippen LogP contribution in [0.3, 0.4) is 0 Å². The van der Waals surface area contributed by atoms with Crippen molar-refractivity contribution >= 4 is 17.2 Å². The molecule has 5 nitrogen and oxygen atoms in total. The molecule has 0 bridgehead atoms. The van der Waals surface area contributed by atoms with Crippen molar-refractivity contribution in [1.29, 1.82) is 0 Å². The van der Waals surface area contributed by atoms with Gasteiger partial charge in [-0.1, -0.05) is 36.8 Å². The third-order valence-corrected chi connectivity index (χ3v) is 3.80. The molecule has 2 aromatic heterocycles. The van der Waals surface area contributed by atoms with Crippen molar-refractivity contribution in [1.82, 2.24) is 14.6 Å². The van der Waals surface area contributed by atoms with Gasteiger partial charge in [-0.3, -0.25) is 4.79 Å². The van der Waals surface area contributed by atoms with Crippen molar-refractivity contribution in [3.63, 3.8) is 0 Å². The summed E-state index contributed by atoms with van der Waals surface area (Å²) in [4.78, 5) is 17.0. The van der Waals surface area contributed by atoms with Gasteiger partial charge in [-0.05, 0) is 24.6 Å². The number of hydrogen-bond acceptors (Lipinski definition) is 4. The monoisotopic (exact) mass is 294 g/mol. The minimum atomic E-state index is -0.224. The highest BCUT2D eigenvalue weighted by Gasteiger charge is 2.19. The van der Waals surface area contributed by atoms with Crippen LogP contribution in [0.5, 0.6) is 0 Å². The zero-order chi connectivity index (χ0) is 15.7. The van der Waals surface area contributed by atoms with Crippen LogP contribution in [0.15, 0.2) is 42.6 Å². The number of nitrogens with one attached hydrogen (secondary N) is 1. The van der Waals surface area contributed by atoms with E-state index in [9.17, 15) is 4.79 Å². The number of hydrogen-bond donors (Lipinski definition) is 1. The Kier molecular flexibility index (Phi) is 3.63. The first-order valence-electron chi connectivity index (χ1n) is 7.23. The molecule has 1 N–H and O–H groups in total. The topological polar surface area (TPSA) is 59.3 Å². The number of carbonyl (C=O) groups excluding carboxylic acids is 1. The van der Waals surface area contributed by atoms with Gasteiger partial charge in [0.05, 0.1) is 6.20 Å². The normalized spacial score (nSPS) is 12.3. The molecule has 1 aromatic carbocycles. The average Bonchev–Trinajstić information content (AvgIpc) is 2.96. The van der Waals surface area contributed by atoms with Gasteiger partial charge in [0.25, 0.3) is 0 Å². The molecule has 0 fully saturated rings. The van der Waals surface area contributed by atoms with Crippen LogP contribution in [0, 0.1) is 6.92 Å². The summed E-state index contributed by atoms with van der Waals surface area (Å²) in [5, 5.41) is 7.33. The molecule has 22 heavy (non-hydrogen) atoms. The summed E-state index contributed by atoms with van der Waals surface area (Å²) in [6.07, 6.45) is 1.77. The lowest BCUT2D eigenvalue weighted by molar-refractivity contribution is 0.0960. The summed E-state index contributed by atoms with van der Waals surface area (Å²) < 4.78 is 1.63. The second-order valence-corrected chi connectivity index (χ2v) is 5.39. The van der Waals surface area contributed by atoms with Crippen molar-refractivity contribution in [2.75, 3.05) is 12.4 Å². The Labute approximate surface area is 129 Å². The number of aromatic nitrogens is 3. The molecule has 0 spiro atoms. The lowest BCUT2D eigenvalue weighted by Gasteiger charge is -2.10. The summed E-state index contributed by atoms with van der Waals surface area (Å²) in [7, 11) is 1.80. The third-order valence-electron chi connectivity index (χ3n) is 3.80. The maximum absolute atomic E-state index is 12.6. The number of ketones is 1. The van der Waals surface area contributed by atoms with Crippen LogP contribution in [0.1, 0.15) is 34.5 Å². The van der Waals surface area contributed by atoms with E-state index in [1.54, 1.807) is 23.8 Å². The highest BCUT2D eigenvalue weighted by atomic mass is 16.1. The van der Waals surface area contributed by atoms with E-state index in [0.717, 1.165) is 11.4 Å². The molecule has 0 aliphatic heterocycles. The first-order chi connectivity index (χ1) is 10.6. The van der Waals surface area contributed by atoms with E-state index in [1.165, 1.54) is 5.56 Å². The molecule has 0 saturated carbocycles. The molecule has 3 aromatic rings. The van der Waals surface area contributed by atoms with Crippen molar-refractivity contribution in [2.24, 2.45) is 0 Å². The SMILES string of the molecule is CNc1cn2nc(C(=O)C(C)c3ccc(C)cc3)ccc2n1. The van der Waals surface area contributed by atoms with Crippen LogP contribution < -0.4 is 5.32 Å². The first kappa shape index (κ1) is 14.3. The molecule has 112 valence electrons. The molecule has 5 heteroatoms. The number of aryl methyl sites for hydroxylation is 1. The van der Waals surface area contributed by atoms with Crippen LogP contribution in [0.4, 0.5) is 5.82 Å². The molecule has 0 aliphatic carbocycles. The van der Waals surface area contributed by atoms with E-state index in [-0.39, 0.29) is 11.7 Å². The highest BCUT2D eigenvalue weighted by molar-refractivity contribution is 5.99. The molecule has 1 atom stereocenters. The number of rotatable bonds is 4. The van der Waals surface area contributed by atoms with E-state index >= 15 is 0 Å². The third kappa shape index (κ3) is 2.57. The predicted molar refractivity (Wildman–Crippen MR) is 86.5 cm³/mol. The Morgan fingerprint density at radius 1 is 1.18 bits per heavy atom. The van der Waals surface area contributed by atoms with E-state index in [4.69, 9.17) is 0 Å².